The van der Waals surface area contributed by atoms with Crippen molar-refractivity contribution in [3.05, 3.63) is 28.7 Å². The van der Waals surface area contributed by atoms with Gasteiger partial charge in [-0.05, 0) is 32.0 Å². The number of carbonyl (C=O) groups excluding carboxylic acids is 1. The molecule has 0 aliphatic heterocycles. The summed E-state index contributed by atoms with van der Waals surface area (Å²) in [5, 5.41) is -0.440. The van der Waals surface area contributed by atoms with Crippen molar-refractivity contribution in [2.24, 2.45) is 0 Å². The first-order chi connectivity index (χ1) is 6.52. The highest BCUT2D eigenvalue weighted by Crippen LogP contribution is 2.17. The quantitative estimate of drug-likeness (QED) is 0.849. The van der Waals surface area contributed by atoms with Gasteiger partial charge < -0.3 is 0 Å². The summed E-state index contributed by atoms with van der Waals surface area (Å²) < 4.78 is 12.7. The number of Topliss-reactive ketones (excluding diaryl/α,β-unsaturated/α-hetero) is 1. The molecule has 0 spiro atoms. The molecule has 1 aromatic carbocycles. The van der Waals surface area contributed by atoms with Crippen molar-refractivity contribution in [2.45, 2.75) is 24.0 Å². The van der Waals surface area contributed by atoms with E-state index in [0.29, 0.717) is 4.90 Å². The van der Waals surface area contributed by atoms with Crippen molar-refractivity contribution in [3.63, 3.8) is 0 Å². The topological polar surface area (TPSA) is 34.1 Å². The molecule has 76 valence electrons. The van der Waals surface area contributed by atoms with Crippen LogP contribution in [0.5, 0.6) is 0 Å². The van der Waals surface area contributed by atoms with Gasteiger partial charge in [-0.15, -0.1) is 0 Å². The largest absolute Gasteiger partial charge is 0.299 e. The first-order valence-electron chi connectivity index (χ1n) is 4.19. The van der Waals surface area contributed by atoms with Crippen molar-refractivity contribution in [3.8, 4) is 0 Å². The Morgan fingerprint density at radius 1 is 1.50 bits per heavy atom. The molecule has 0 saturated heterocycles. The lowest BCUT2D eigenvalue weighted by Crippen LogP contribution is -2.19. The first-order valence-corrected chi connectivity index (χ1v) is 6.19. The van der Waals surface area contributed by atoms with Crippen LogP contribution in [-0.2, 0) is 15.6 Å². The number of hydrogen-bond acceptors (Lipinski definition) is 2. The highest BCUT2D eigenvalue weighted by Gasteiger charge is 2.17. The zero-order chi connectivity index (χ0) is 10.7. The second-order valence-corrected chi connectivity index (χ2v) is 5.70. The fourth-order valence-corrected chi connectivity index (χ4v) is 2.66. The maximum absolute atomic E-state index is 11.8. The molecular weight excluding hydrogens is 264 g/mol. The summed E-state index contributed by atoms with van der Waals surface area (Å²) in [6.45, 7) is 3.14. The Morgan fingerprint density at radius 3 is 2.64 bits per heavy atom. The van der Waals surface area contributed by atoms with E-state index in [-0.39, 0.29) is 5.78 Å². The van der Waals surface area contributed by atoms with E-state index in [0.717, 1.165) is 4.47 Å². The molecule has 0 fully saturated rings. The van der Waals surface area contributed by atoms with Crippen molar-refractivity contribution in [2.75, 3.05) is 0 Å². The smallest absolute Gasteiger partial charge is 0.145 e. The van der Waals surface area contributed by atoms with Crippen molar-refractivity contribution in [1.29, 1.82) is 0 Å². The summed E-state index contributed by atoms with van der Waals surface area (Å²) in [6, 6.07) is 7.21. The molecule has 0 amide bonds. The van der Waals surface area contributed by atoms with E-state index in [1.54, 1.807) is 19.1 Å². The van der Waals surface area contributed by atoms with Crippen LogP contribution in [0.2, 0.25) is 0 Å². The minimum Gasteiger partial charge on any atom is -0.299 e. The molecule has 14 heavy (non-hydrogen) atoms. The van der Waals surface area contributed by atoms with Crippen molar-refractivity contribution >= 4 is 32.5 Å². The highest BCUT2D eigenvalue weighted by atomic mass is 79.9. The summed E-state index contributed by atoms with van der Waals surface area (Å²) in [6.07, 6.45) is 0. The molecule has 0 aromatic heterocycles. The molecule has 0 radical (unpaired) electrons. The van der Waals surface area contributed by atoms with Crippen LogP contribution >= 0.6 is 15.9 Å². The molecule has 0 bridgehead atoms. The fourth-order valence-electron chi connectivity index (χ4n) is 0.947. The Morgan fingerprint density at radius 2 is 2.14 bits per heavy atom. The predicted molar refractivity (Wildman–Crippen MR) is 60.7 cm³/mol. The van der Waals surface area contributed by atoms with Gasteiger partial charge in [0.15, 0.2) is 0 Å². The van der Waals surface area contributed by atoms with Crippen LogP contribution in [0.3, 0.4) is 0 Å². The summed E-state index contributed by atoms with van der Waals surface area (Å²) in [7, 11) is -1.25. The Hall–Kier alpha value is -0.480. The normalized spacial score (nSPS) is 14.8. The molecule has 1 rings (SSSR count). The van der Waals surface area contributed by atoms with Gasteiger partial charge in [-0.3, -0.25) is 9.00 Å². The van der Waals surface area contributed by atoms with Crippen LogP contribution in [-0.4, -0.2) is 15.2 Å². The average Bonchev–Trinajstić information content (AvgIpc) is 2.15. The van der Waals surface area contributed by atoms with Gasteiger partial charge in [-0.25, -0.2) is 0 Å². The van der Waals surface area contributed by atoms with Crippen LogP contribution in [0.25, 0.3) is 0 Å². The first kappa shape index (κ1) is 11.6. The van der Waals surface area contributed by atoms with E-state index in [9.17, 15) is 9.00 Å². The second-order valence-electron chi connectivity index (χ2n) is 3.01. The average molecular weight is 275 g/mol. The number of halogens is 1. The molecule has 0 aliphatic rings. The molecular formula is C10H11BrO2S. The third-order valence-corrected chi connectivity index (χ3v) is 4.11. The molecule has 4 heteroatoms. The molecule has 2 atom stereocenters. The van der Waals surface area contributed by atoms with Gasteiger partial charge in [-0.1, -0.05) is 22.0 Å². The zero-order valence-electron chi connectivity index (χ0n) is 7.99. The molecule has 0 N–H and O–H groups in total. The summed E-state index contributed by atoms with van der Waals surface area (Å²) in [5.41, 5.74) is 0. The third kappa shape index (κ3) is 2.75. The second kappa shape index (κ2) is 4.84. The molecule has 0 saturated carbocycles. The SMILES string of the molecule is CC(=O)C(C)S(=O)c1cccc(Br)c1. The number of carbonyl (C=O) groups is 1. The molecule has 2 unspecified atom stereocenters. The Bertz CT molecular complexity index is 376. The number of hydrogen-bond donors (Lipinski definition) is 0. The number of rotatable bonds is 3. The number of benzene rings is 1. The maximum atomic E-state index is 11.8. The predicted octanol–water partition coefficient (Wildman–Crippen LogP) is 2.53. The van der Waals surface area contributed by atoms with Gasteiger partial charge in [0.2, 0.25) is 0 Å². The lowest BCUT2D eigenvalue weighted by molar-refractivity contribution is -0.116. The molecule has 0 heterocycles. The van der Waals surface area contributed by atoms with Gasteiger partial charge in [0, 0.05) is 9.37 Å². The number of ketones is 1. The van der Waals surface area contributed by atoms with Crippen LogP contribution in [0.4, 0.5) is 0 Å². The van der Waals surface area contributed by atoms with E-state index >= 15 is 0 Å². The van der Waals surface area contributed by atoms with Crippen molar-refractivity contribution < 1.29 is 9.00 Å². The summed E-state index contributed by atoms with van der Waals surface area (Å²) >= 11 is 3.30. The molecule has 0 aliphatic carbocycles. The van der Waals surface area contributed by atoms with Crippen LogP contribution in [0.15, 0.2) is 33.6 Å². The zero-order valence-corrected chi connectivity index (χ0v) is 10.4. The van der Waals surface area contributed by atoms with Gasteiger partial charge in [0.1, 0.15) is 5.78 Å². The van der Waals surface area contributed by atoms with E-state index in [4.69, 9.17) is 0 Å². The van der Waals surface area contributed by atoms with E-state index < -0.39 is 16.0 Å². The Labute approximate surface area is 94.3 Å². The minimum absolute atomic E-state index is 0.0525. The van der Waals surface area contributed by atoms with Gasteiger partial charge in [-0.2, -0.15) is 0 Å². The standard InChI is InChI=1S/C10H11BrO2S/c1-7(12)8(2)14(13)10-5-3-4-9(11)6-10/h3-6,8H,1-2H3. The van der Waals surface area contributed by atoms with Gasteiger partial charge >= 0.3 is 0 Å². The van der Waals surface area contributed by atoms with E-state index in [1.165, 1.54) is 6.92 Å². The van der Waals surface area contributed by atoms with Crippen molar-refractivity contribution in [1.82, 2.24) is 0 Å². The monoisotopic (exact) mass is 274 g/mol. The van der Waals surface area contributed by atoms with Crippen LogP contribution < -0.4 is 0 Å². The third-order valence-electron chi connectivity index (χ3n) is 1.92. The highest BCUT2D eigenvalue weighted by molar-refractivity contribution is 9.10. The maximum Gasteiger partial charge on any atom is 0.145 e. The van der Waals surface area contributed by atoms with Crippen LogP contribution in [0, 0.1) is 0 Å². The molecule has 1 aromatic rings. The lowest BCUT2D eigenvalue weighted by Gasteiger charge is -2.07. The Kier molecular flexibility index (Phi) is 4.01. The fraction of sp³-hybridized carbons (Fsp3) is 0.300. The van der Waals surface area contributed by atoms with Gasteiger partial charge in [0.05, 0.1) is 16.0 Å². The molecule has 2 nitrogen and oxygen atoms in total. The summed E-state index contributed by atoms with van der Waals surface area (Å²) in [5.74, 6) is -0.0525. The van der Waals surface area contributed by atoms with Gasteiger partial charge in [0.25, 0.3) is 0 Å². The summed E-state index contributed by atoms with van der Waals surface area (Å²) in [4.78, 5) is 11.7. The minimum atomic E-state index is -1.25. The van der Waals surface area contributed by atoms with E-state index in [1.807, 2.05) is 12.1 Å². The lowest BCUT2D eigenvalue weighted by atomic mass is 10.3. The van der Waals surface area contributed by atoms with E-state index in [2.05, 4.69) is 15.9 Å². The Balaban J connectivity index is 2.95. The van der Waals surface area contributed by atoms with Crippen LogP contribution in [0.1, 0.15) is 13.8 Å².